The number of nitrogens with two attached hydrogens (primary N) is 1. The van der Waals surface area contributed by atoms with E-state index in [0.717, 1.165) is 0 Å². The Kier molecular flexibility index (Phi) is 3.28. The van der Waals surface area contributed by atoms with Gasteiger partial charge in [-0.3, -0.25) is 4.79 Å². The molecule has 0 aromatic carbocycles. The predicted octanol–water partition coefficient (Wildman–Crippen LogP) is 0.657. The number of hydrogen-bond donors (Lipinski definition) is 1. The van der Waals surface area contributed by atoms with Gasteiger partial charge in [0.05, 0.1) is 5.88 Å². The number of ketones is 1. The van der Waals surface area contributed by atoms with Crippen molar-refractivity contribution in [3.05, 3.63) is 11.8 Å². The number of carbonyl (C=O) groups excluding carboxylic acids is 1. The molecule has 0 radical (unpaired) electrons. The summed E-state index contributed by atoms with van der Waals surface area (Å²) in [4.78, 5) is 10.2. The lowest BCUT2D eigenvalue weighted by atomic mass is 10.3. The predicted molar refractivity (Wildman–Crippen MR) is 33.7 cm³/mol. The number of rotatable bonds is 2. The SMILES string of the molecule is CC(=O)C=C(N)CCl. The van der Waals surface area contributed by atoms with Crippen LogP contribution in [-0.2, 0) is 4.79 Å². The van der Waals surface area contributed by atoms with Crippen LogP contribution < -0.4 is 5.73 Å². The van der Waals surface area contributed by atoms with Gasteiger partial charge >= 0.3 is 0 Å². The van der Waals surface area contributed by atoms with E-state index >= 15 is 0 Å². The Hall–Kier alpha value is -0.500. The van der Waals surface area contributed by atoms with Crippen LogP contribution in [0.3, 0.4) is 0 Å². The van der Waals surface area contributed by atoms with E-state index in [1.807, 2.05) is 0 Å². The van der Waals surface area contributed by atoms with Gasteiger partial charge in [-0.1, -0.05) is 0 Å². The standard InChI is InChI=1S/C5H8ClNO/c1-4(8)2-5(7)3-6/h2H,3,7H2,1H3. The summed E-state index contributed by atoms with van der Waals surface area (Å²) in [5.41, 5.74) is 5.60. The largest absolute Gasteiger partial charge is 0.401 e. The molecule has 0 rings (SSSR count). The van der Waals surface area contributed by atoms with E-state index in [2.05, 4.69) is 0 Å². The summed E-state index contributed by atoms with van der Waals surface area (Å²) in [5, 5.41) is 0. The van der Waals surface area contributed by atoms with E-state index in [1.165, 1.54) is 13.0 Å². The average molecular weight is 134 g/mol. The van der Waals surface area contributed by atoms with Crippen molar-refractivity contribution < 1.29 is 4.79 Å². The average Bonchev–Trinajstić information content (AvgIpc) is 1.65. The lowest BCUT2D eigenvalue weighted by Crippen LogP contribution is -2.00. The number of alkyl halides is 1. The molecular weight excluding hydrogens is 126 g/mol. The number of halogens is 1. The van der Waals surface area contributed by atoms with E-state index in [1.54, 1.807) is 0 Å². The lowest BCUT2D eigenvalue weighted by molar-refractivity contribution is -0.112. The number of carbonyl (C=O) groups is 1. The van der Waals surface area contributed by atoms with Crippen molar-refractivity contribution in [2.45, 2.75) is 6.92 Å². The molecule has 0 unspecified atom stereocenters. The van der Waals surface area contributed by atoms with Crippen molar-refractivity contribution in [2.75, 3.05) is 5.88 Å². The molecule has 2 nitrogen and oxygen atoms in total. The zero-order valence-electron chi connectivity index (χ0n) is 4.65. The summed E-state index contributed by atoms with van der Waals surface area (Å²) in [6.07, 6.45) is 1.31. The highest BCUT2D eigenvalue weighted by Crippen LogP contribution is 1.86. The van der Waals surface area contributed by atoms with Crippen LogP contribution in [-0.4, -0.2) is 11.7 Å². The third-order valence-corrected chi connectivity index (χ3v) is 0.852. The van der Waals surface area contributed by atoms with Crippen molar-refractivity contribution in [1.82, 2.24) is 0 Å². The fourth-order valence-electron chi connectivity index (χ4n) is 0.300. The molecule has 2 N–H and O–H groups in total. The topological polar surface area (TPSA) is 43.1 Å². The minimum absolute atomic E-state index is 0.0665. The van der Waals surface area contributed by atoms with E-state index in [9.17, 15) is 4.79 Å². The maximum absolute atomic E-state index is 10.2. The second-order valence-corrected chi connectivity index (χ2v) is 1.73. The minimum Gasteiger partial charge on any atom is -0.401 e. The molecule has 0 aliphatic heterocycles. The van der Waals surface area contributed by atoms with Crippen molar-refractivity contribution in [2.24, 2.45) is 5.73 Å². The maximum atomic E-state index is 10.2. The van der Waals surface area contributed by atoms with Crippen molar-refractivity contribution in [3.63, 3.8) is 0 Å². The van der Waals surface area contributed by atoms with Crippen LogP contribution in [0, 0.1) is 0 Å². The molecule has 0 aliphatic rings. The Bertz CT molecular complexity index is 120. The van der Waals surface area contributed by atoms with Gasteiger partial charge < -0.3 is 5.73 Å². The van der Waals surface area contributed by atoms with E-state index in [4.69, 9.17) is 17.3 Å². The van der Waals surface area contributed by atoms with Gasteiger partial charge in [0.25, 0.3) is 0 Å². The van der Waals surface area contributed by atoms with Crippen LogP contribution in [0.25, 0.3) is 0 Å². The Morgan fingerprint density at radius 3 is 2.50 bits per heavy atom. The Morgan fingerprint density at radius 2 is 2.38 bits per heavy atom. The number of hydrogen-bond acceptors (Lipinski definition) is 2. The zero-order chi connectivity index (χ0) is 6.57. The third kappa shape index (κ3) is 3.68. The highest BCUT2D eigenvalue weighted by Gasteiger charge is 1.87. The van der Waals surface area contributed by atoms with Gasteiger partial charge in [0.2, 0.25) is 0 Å². The molecule has 0 bridgehead atoms. The van der Waals surface area contributed by atoms with E-state index in [-0.39, 0.29) is 11.7 Å². The number of allylic oxidation sites excluding steroid dienone is 2. The summed E-state index contributed by atoms with van der Waals surface area (Å²) >= 11 is 5.25. The van der Waals surface area contributed by atoms with Gasteiger partial charge in [-0.2, -0.15) is 0 Å². The highest BCUT2D eigenvalue weighted by molar-refractivity contribution is 6.19. The van der Waals surface area contributed by atoms with Gasteiger partial charge in [-0.05, 0) is 6.92 Å². The second-order valence-electron chi connectivity index (χ2n) is 1.46. The normalized spacial score (nSPS) is 11.5. The van der Waals surface area contributed by atoms with Crippen molar-refractivity contribution in [3.8, 4) is 0 Å². The van der Waals surface area contributed by atoms with Gasteiger partial charge in [-0.25, -0.2) is 0 Å². The van der Waals surface area contributed by atoms with Crippen LogP contribution in [0.4, 0.5) is 0 Å². The van der Waals surface area contributed by atoms with Crippen molar-refractivity contribution >= 4 is 17.4 Å². The molecule has 46 valence electrons. The first-order valence-corrected chi connectivity index (χ1v) is 2.73. The molecule has 0 saturated carbocycles. The fourth-order valence-corrected chi connectivity index (χ4v) is 0.377. The molecule has 0 fully saturated rings. The van der Waals surface area contributed by atoms with Crippen LogP contribution >= 0.6 is 11.6 Å². The minimum atomic E-state index is -0.0665. The molecule has 0 aliphatic carbocycles. The molecule has 0 aromatic rings. The second kappa shape index (κ2) is 3.50. The summed E-state index contributed by atoms with van der Waals surface area (Å²) in [7, 11) is 0. The Morgan fingerprint density at radius 1 is 1.88 bits per heavy atom. The summed E-state index contributed by atoms with van der Waals surface area (Å²) in [6.45, 7) is 1.43. The molecule has 0 amide bonds. The van der Waals surface area contributed by atoms with E-state index in [0.29, 0.717) is 5.70 Å². The first-order valence-electron chi connectivity index (χ1n) is 2.19. The van der Waals surface area contributed by atoms with Gasteiger partial charge in [-0.15, -0.1) is 11.6 Å². The Balaban J connectivity index is 3.75. The van der Waals surface area contributed by atoms with Gasteiger partial charge in [0.1, 0.15) is 0 Å². The van der Waals surface area contributed by atoms with Crippen LogP contribution in [0.1, 0.15) is 6.92 Å². The van der Waals surface area contributed by atoms with Crippen LogP contribution in [0.5, 0.6) is 0 Å². The molecular formula is C5H8ClNO. The molecule has 3 heteroatoms. The fraction of sp³-hybridized carbons (Fsp3) is 0.400. The summed E-state index contributed by atoms with van der Waals surface area (Å²) in [5.74, 6) is 0.155. The van der Waals surface area contributed by atoms with Gasteiger partial charge in [0.15, 0.2) is 5.78 Å². The maximum Gasteiger partial charge on any atom is 0.154 e. The van der Waals surface area contributed by atoms with E-state index < -0.39 is 0 Å². The quantitative estimate of drug-likeness (QED) is 0.444. The Labute approximate surface area is 53.3 Å². The third-order valence-electron chi connectivity index (χ3n) is 0.543. The molecule has 0 spiro atoms. The molecule has 0 atom stereocenters. The monoisotopic (exact) mass is 133 g/mol. The summed E-state index contributed by atoms with van der Waals surface area (Å²) in [6, 6.07) is 0. The van der Waals surface area contributed by atoms with Gasteiger partial charge in [0, 0.05) is 11.8 Å². The molecule has 8 heavy (non-hydrogen) atoms. The van der Waals surface area contributed by atoms with Crippen LogP contribution in [0.15, 0.2) is 11.8 Å². The van der Waals surface area contributed by atoms with Crippen LogP contribution in [0.2, 0.25) is 0 Å². The molecule has 0 heterocycles. The first kappa shape index (κ1) is 7.50. The first-order chi connectivity index (χ1) is 3.66. The lowest BCUT2D eigenvalue weighted by Gasteiger charge is -1.87. The van der Waals surface area contributed by atoms with Crippen molar-refractivity contribution in [1.29, 1.82) is 0 Å². The molecule has 0 saturated heterocycles. The smallest absolute Gasteiger partial charge is 0.154 e. The highest BCUT2D eigenvalue weighted by atomic mass is 35.5. The zero-order valence-corrected chi connectivity index (χ0v) is 5.40. The molecule has 0 aromatic heterocycles. The summed E-state index contributed by atoms with van der Waals surface area (Å²) < 4.78 is 0.